The van der Waals surface area contributed by atoms with Crippen LogP contribution in [0.15, 0.2) is 52.3 Å². The van der Waals surface area contributed by atoms with E-state index in [1.54, 1.807) is 97.0 Å². The number of hydrogen-bond acceptors (Lipinski definition) is 11. The molecule has 0 saturated heterocycles. The second kappa shape index (κ2) is 16.7. The molecule has 0 saturated carbocycles. The predicted octanol–water partition coefficient (Wildman–Crippen LogP) is 6.77. The fourth-order valence-electron chi connectivity index (χ4n) is 5.48. The average Bonchev–Trinajstić information content (AvgIpc) is 3.57. The van der Waals surface area contributed by atoms with Gasteiger partial charge in [-0.3, -0.25) is 34.2 Å². The zero-order chi connectivity index (χ0) is 40.2. The van der Waals surface area contributed by atoms with Crippen LogP contribution in [-0.4, -0.2) is 69.6 Å². The maximum Gasteiger partial charge on any atom is 0.328 e. The molecular weight excluding hydrogens is 790 g/mol. The van der Waals surface area contributed by atoms with Crippen molar-refractivity contribution in [2.45, 2.75) is 73.9 Å². The van der Waals surface area contributed by atoms with E-state index < -0.39 is 28.7 Å². The van der Waals surface area contributed by atoms with Crippen LogP contribution < -0.4 is 21.3 Å². The highest BCUT2D eigenvalue weighted by Crippen LogP contribution is 2.39. The molecule has 290 valence electrons. The number of fused-ring (bicyclic) bond motifs is 2. The minimum absolute atomic E-state index is 0.0757. The summed E-state index contributed by atoms with van der Waals surface area (Å²) >= 11 is 4.98. The Bertz CT molecular complexity index is 2120. The Balaban J connectivity index is 1.27. The summed E-state index contributed by atoms with van der Waals surface area (Å²) in [6.07, 6.45) is 0.415. The van der Waals surface area contributed by atoms with Crippen molar-refractivity contribution in [3.8, 4) is 0 Å². The van der Waals surface area contributed by atoms with E-state index in [1.165, 1.54) is 11.3 Å². The van der Waals surface area contributed by atoms with E-state index in [4.69, 9.17) is 4.74 Å². The van der Waals surface area contributed by atoms with Crippen molar-refractivity contribution in [1.82, 2.24) is 20.2 Å². The molecule has 4 N–H and O–H groups in total. The first kappa shape index (κ1) is 41.0. The molecule has 4 aromatic rings. The molecule has 14 nitrogen and oxygen atoms in total. The van der Waals surface area contributed by atoms with Crippen molar-refractivity contribution in [2.24, 2.45) is 10.8 Å². The van der Waals surface area contributed by atoms with Crippen LogP contribution in [0.2, 0.25) is 0 Å². The van der Waals surface area contributed by atoms with Gasteiger partial charge < -0.3 is 20.7 Å². The van der Waals surface area contributed by atoms with Gasteiger partial charge in [-0.25, -0.2) is 9.78 Å². The Labute approximate surface area is 331 Å². The molecule has 1 aliphatic rings. The van der Waals surface area contributed by atoms with Gasteiger partial charge >= 0.3 is 5.97 Å². The number of rotatable bonds is 13. The Morgan fingerprint density at radius 3 is 2.05 bits per heavy atom. The minimum Gasteiger partial charge on any atom is -0.464 e. The molecule has 5 rings (SSSR count). The molecule has 3 heterocycles. The van der Waals surface area contributed by atoms with Gasteiger partial charge in [0.2, 0.25) is 17.8 Å². The maximum atomic E-state index is 13.3. The van der Waals surface area contributed by atoms with Gasteiger partial charge in [0.25, 0.3) is 17.7 Å². The number of halogens is 1. The number of hydrogen-bond donors (Lipinski definition) is 4. The van der Waals surface area contributed by atoms with Crippen LogP contribution in [0, 0.1) is 10.8 Å². The number of esters is 1. The number of amides is 5. The zero-order valence-corrected chi connectivity index (χ0v) is 34.1. The zero-order valence-electron chi connectivity index (χ0n) is 31.7. The number of nitrogens with zero attached hydrogens (tertiary/aromatic N) is 3. The number of nitrogens with one attached hydrogen (secondary N) is 4. The van der Waals surface area contributed by atoms with E-state index in [9.17, 15) is 28.8 Å². The predicted molar refractivity (Wildman–Crippen MR) is 214 cm³/mol. The van der Waals surface area contributed by atoms with Crippen molar-refractivity contribution < 1.29 is 33.5 Å². The van der Waals surface area contributed by atoms with E-state index in [2.05, 4.69) is 47.2 Å². The van der Waals surface area contributed by atoms with Gasteiger partial charge in [0.15, 0.2) is 0 Å². The molecule has 1 atom stereocenters. The van der Waals surface area contributed by atoms with E-state index in [-0.39, 0.29) is 61.4 Å². The quantitative estimate of drug-likeness (QED) is 0.0827. The van der Waals surface area contributed by atoms with Crippen LogP contribution in [0.5, 0.6) is 0 Å². The summed E-state index contributed by atoms with van der Waals surface area (Å²) in [4.78, 5) is 88.3. The van der Waals surface area contributed by atoms with Gasteiger partial charge in [-0.1, -0.05) is 53.7 Å². The Kier molecular flexibility index (Phi) is 12.4. The first-order valence-corrected chi connectivity index (χ1v) is 19.4. The van der Waals surface area contributed by atoms with Gasteiger partial charge in [-0.15, -0.1) is 11.3 Å². The van der Waals surface area contributed by atoms with Crippen LogP contribution in [0.1, 0.15) is 97.9 Å². The highest BCUT2D eigenvalue weighted by molar-refractivity contribution is 9.11. The molecule has 16 heteroatoms. The second-order valence-electron chi connectivity index (χ2n) is 15.0. The topological polar surface area (TPSA) is 189 Å². The third-order valence-corrected chi connectivity index (χ3v) is 10.5. The number of benzene rings is 2. The van der Waals surface area contributed by atoms with Gasteiger partial charge in [0.1, 0.15) is 16.7 Å². The Morgan fingerprint density at radius 2 is 1.47 bits per heavy atom. The SMILES string of the molecule is CCOC(=O)[C@H](CCCN1C(=O)c2ccccc2C1=O)NC(=O)c1ccc(NCc2c(Br)sc3nc(NC(=O)C(C)(C)C)nc(NC(=O)C(C)(C)C)c23)cc1. The van der Waals surface area contributed by atoms with Crippen LogP contribution in [0.4, 0.5) is 17.5 Å². The molecule has 2 aromatic heterocycles. The smallest absolute Gasteiger partial charge is 0.328 e. The molecule has 0 bridgehead atoms. The molecule has 1 aliphatic heterocycles. The first-order valence-electron chi connectivity index (χ1n) is 17.8. The number of anilines is 3. The summed E-state index contributed by atoms with van der Waals surface area (Å²) in [7, 11) is 0. The van der Waals surface area contributed by atoms with Gasteiger partial charge in [-0.2, -0.15) is 4.98 Å². The lowest BCUT2D eigenvalue weighted by Crippen LogP contribution is -2.42. The molecule has 0 fully saturated rings. The third kappa shape index (κ3) is 9.54. The van der Waals surface area contributed by atoms with Crippen LogP contribution >= 0.6 is 27.3 Å². The summed E-state index contributed by atoms with van der Waals surface area (Å²) in [6.45, 7) is 12.9. The number of carbonyl (C=O) groups is 6. The molecule has 0 radical (unpaired) electrons. The van der Waals surface area contributed by atoms with Crippen LogP contribution in [-0.2, 0) is 25.7 Å². The fourth-order valence-corrected chi connectivity index (χ4v) is 7.20. The van der Waals surface area contributed by atoms with Crippen molar-refractivity contribution in [3.05, 3.63) is 74.6 Å². The maximum absolute atomic E-state index is 13.3. The molecule has 0 unspecified atom stereocenters. The number of ether oxygens (including phenoxy) is 1. The summed E-state index contributed by atoms with van der Waals surface area (Å²) in [6, 6.07) is 12.3. The third-order valence-electron chi connectivity index (χ3n) is 8.67. The summed E-state index contributed by atoms with van der Waals surface area (Å²) in [5.74, 6) is -2.08. The average molecular weight is 835 g/mol. The molecule has 5 amide bonds. The highest BCUT2D eigenvalue weighted by Gasteiger charge is 2.35. The van der Waals surface area contributed by atoms with Crippen molar-refractivity contribution in [3.63, 3.8) is 0 Å². The monoisotopic (exact) mass is 833 g/mol. The van der Waals surface area contributed by atoms with E-state index in [0.29, 0.717) is 39.1 Å². The molecular formula is C39H44BrN7O7S. The lowest BCUT2D eigenvalue weighted by Gasteiger charge is -2.20. The lowest BCUT2D eigenvalue weighted by molar-refractivity contribution is -0.145. The molecule has 0 spiro atoms. The Hall–Kier alpha value is -5.22. The number of imide groups is 1. The van der Waals surface area contributed by atoms with Crippen LogP contribution in [0.25, 0.3) is 10.2 Å². The van der Waals surface area contributed by atoms with Gasteiger partial charge in [0.05, 0.1) is 26.9 Å². The second-order valence-corrected chi connectivity index (χ2v) is 17.3. The van der Waals surface area contributed by atoms with Crippen LogP contribution in [0.3, 0.4) is 0 Å². The van der Waals surface area contributed by atoms with E-state index in [1.807, 2.05) is 0 Å². The number of aromatic nitrogens is 2. The standard InChI is InChI=1S/C39H44BrN7O7S/c1-8-54-34(51)26(14-11-19-47-32(49)23-12-9-10-13-24(23)33(47)50)42-30(48)21-15-17-22(18-16-21)41-20-25-27-29(43-35(52)38(2,3)4)44-37(45-31(27)55-28(25)40)46-36(53)39(5,6)7/h9-10,12-13,15-18,26,41H,8,11,14,19-20H2,1-7H3,(H,42,48)(H2,43,44,45,46,52,53)/t26-/m0/s1. The number of carbonyl (C=O) groups excluding carboxylic acids is 6. The van der Waals surface area contributed by atoms with Crippen molar-refractivity contribution >= 4 is 90.4 Å². The molecule has 0 aliphatic carbocycles. The van der Waals surface area contributed by atoms with E-state index in [0.717, 1.165) is 14.2 Å². The molecule has 2 aromatic carbocycles. The van der Waals surface area contributed by atoms with Gasteiger partial charge in [0, 0.05) is 40.7 Å². The summed E-state index contributed by atoms with van der Waals surface area (Å²) in [5.41, 5.74) is 1.04. The first-order chi connectivity index (χ1) is 25.9. The minimum atomic E-state index is -0.998. The van der Waals surface area contributed by atoms with E-state index >= 15 is 0 Å². The highest BCUT2D eigenvalue weighted by atomic mass is 79.9. The van der Waals surface area contributed by atoms with Crippen molar-refractivity contribution in [1.29, 1.82) is 0 Å². The number of thiophene rings is 1. The lowest BCUT2D eigenvalue weighted by atomic mass is 9.95. The largest absolute Gasteiger partial charge is 0.464 e. The van der Waals surface area contributed by atoms with Gasteiger partial charge in [-0.05, 0) is 72.1 Å². The molecule has 55 heavy (non-hydrogen) atoms. The Morgan fingerprint density at radius 1 is 0.873 bits per heavy atom. The summed E-state index contributed by atoms with van der Waals surface area (Å²) < 4.78 is 5.95. The normalized spacial score (nSPS) is 13.3. The fraction of sp³-hybridized carbons (Fsp3) is 0.385. The summed E-state index contributed by atoms with van der Waals surface area (Å²) in [5, 5.41) is 12.4. The van der Waals surface area contributed by atoms with Crippen molar-refractivity contribution in [2.75, 3.05) is 29.1 Å².